The average Bonchev–Trinajstić information content (AvgIpc) is 4.14. The Morgan fingerprint density at radius 2 is 1.22 bits per heavy atom. The number of likely N-dealkylation sites (tertiary alicyclic amines) is 2. The highest BCUT2D eigenvalue weighted by molar-refractivity contribution is 5.98. The molecule has 16 heteroatoms. The van der Waals surface area contributed by atoms with Gasteiger partial charge in [-0.15, -0.1) is 0 Å². The van der Waals surface area contributed by atoms with Gasteiger partial charge < -0.3 is 49.3 Å². The summed E-state index contributed by atoms with van der Waals surface area (Å²) < 4.78 is 12.1. The number of ether oxygens (including phenoxy) is 2. The molecule has 64 heavy (non-hydrogen) atoms. The molecule has 8 rings (SSSR count). The largest absolute Gasteiger partial charge is 0.453 e. The Balaban J connectivity index is 1.08. The van der Waals surface area contributed by atoms with Crippen LogP contribution in [0.2, 0.25) is 0 Å². The van der Waals surface area contributed by atoms with E-state index in [2.05, 4.69) is 87.4 Å². The molecule has 16 nitrogen and oxygen atoms in total. The molecule has 2 saturated heterocycles. The summed E-state index contributed by atoms with van der Waals surface area (Å²) in [5.41, 5.74) is 9.72. The summed E-state index contributed by atoms with van der Waals surface area (Å²) in [7, 11) is 4.74. The molecule has 4 amide bonds. The second kappa shape index (κ2) is 18.0. The second-order valence-corrected chi connectivity index (χ2v) is 18.4. The Kier molecular flexibility index (Phi) is 12.5. The van der Waals surface area contributed by atoms with Crippen molar-refractivity contribution in [2.75, 3.05) is 45.8 Å². The van der Waals surface area contributed by atoms with Gasteiger partial charge in [-0.3, -0.25) is 9.59 Å². The first-order chi connectivity index (χ1) is 30.7. The molecule has 3 aromatic heterocycles. The number of amides is 4. The third-order valence-electron chi connectivity index (χ3n) is 13.3. The monoisotopic (exact) mass is 874 g/mol. The van der Waals surface area contributed by atoms with Crippen LogP contribution >= 0.6 is 0 Å². The first-order valence-electron chi connectivity index (χ1n) is 22.6. The van der Waals surface area contributed by atoms with E-state index in [1.165, 1.54) is 36.4 Å². The van der Waals surface area contributed by atoms with Crippen LogP contribution in [0.1, 0.15) is 102 Å². The van der Waals surface area contributed by atoms with Gasteiger partial charge in [0.2, 0.25) is 11.8 Å². The number of aromatic nitrogens is 5. The van der Waals surface area contributed by atoms with Crippen molar-refractivity contribution in [2.45, 2.75) is 104 Å². The third-order valence-corrected chi connectivity index (χ3v) is 13.3. The molecule has 6 heterocycles. The lowest BCUT2D eigenvalue weighted by Gasteiger charge is -2.30. The zero-order chi connectivity index (χ0) is 45.6. The van der Waals surface area contributed by atoms with E-state index < -0.39 is 24.3 Å². The van der Waals surface area contributed by atoms with E-state index in [0.717, 1.165) is 84.2 Å². The van der Waals surface area contributed by atoms with Crippen LogP contribution in [0.15, 0.2) is 48.8 Å². The highest BCUT2D eigenvalue weighted by Gasteiger charge is 2.39. The van der Waals surface area contributed by atoms with Crippen molar-refractivity contribution < 1.29 is 28.7 Å². The minimum atomic E-state index is -0.701. The predicted octanol–water partition coefficient (Wildman–Crippen LogP) is 7.75. The van der Waals surface area contributed by atoms with Gasteiger partial charge >= 0.3 is 12.2 Å². The normalized spacial score (nSPS) is 18.3. The number of H-pyrrole nitrogens is 2. The summed E-state index contributed by atoms with van der Waals surface area (Å²) in [5, 5.41) is 6.66. The summed E-state index contributed by atoms with van der Waals surface area (Å²) >= 11 is 0. The number of carbonyl (C=O) groups is 4. The summed E-state index contributed by atoms with van der Waals surface area (Å²) in [4.78, 5) is 74.6. The van der Waals surface area contributed by atoms with Crippen molar-refractivity contribution in [2.24, 2.45) is 11.8 Å². The molecule has 3 aliphatic rings. The Morgan fingerprint density at radius 1 is 0.703 bits per heavy atom. The number of imidazole rings is 2. The maximum Gasteiger partial charge on any atom is 0.407 e. The van der Waals surface area contributed by atoms with Crippen LogP contribution in [0.25, 0.3) is 44.7 Å². The first kappa shape index (κ1) is 44.3. The van der Waals surface area contributed by atoms with Gasteiger partial charge in [0.05, 0.1) is 55.8 Å². The van der Waals surface area contributed by atoms with Crippen LogP contribution in [0.3, 0.4) is 0 Å². The number of nitrogens with one attached hydrogen (secondary N) is 4. The van der Waals surface area contributed by atoms with E-state index in [1.807, 2.05) is 49.9 Å². The molecule has 5 aromatic rings. The summed E-state index contributed by atoms with van der Waals surface area (Å²) in [6.07, 6.45) is 5.71. The lowest BCUT2D eigenvalue weighted by atomic mass is 9.93. The van der Waals surface area contributed by atoms with Crippen LogP contribution in [-0.4, -0.2) is 111 Å². The quantitative estimate of drug-likeness (QED) is 0.103. The van der Waals surface area contributed by atoms with E-state index >= 15 is 0 Å². The fourth-order valence-electron chi connectivity index (χ4n) is 9.93. The van der Waals surface area contributed by atoms with Gasteiger partial charge in [-0.2, -0.15) is 0 Å². The molecular weight excluding hydrogens is 813 g/mol. The lowest BCUT2D eigenvalue weighted by molar-refractivity contribution is -0.136. The highest BCUT2D eigenvalue weighted by atomic mass is 16.5. The maximum absolute atomic E-state index is 13.8. The average molecular weight is 875 g/mol. The van der Waals surface area contributed by atoms with Crippen LogP contribution < -0.4 is 15.5 Å². The Hall–Kier alpha value is -6.32. The number of hydrogen-bond acceptors (Lipinski definition) is 9. The molecule has 3 aliphatic heterocycles. The number of fused-ring (bicyclic) bond motifs is 5. The third kappa shape index (κ3) is 8.18. The van der Waals surface area contributed by atoms with Crippen molar-refractivity contribution in [3.8, 4) is 33.8 Å². The number of methoxy groups -OCH3 is 2. The summed E-state index contributed by atoms with van der Waals surface area (Å²) in [6.45, 7) is 15.0. The summed E-state index contributed by atoms with van der Waals surface area (Å²) in [6, 6.07) is 11.4. The number of rotatable bonds is 11. The number of alkyl carbamates (subject to hydrolysis) is 2. The van der Waals surface area contributed by atoms with Crippen LogP contribution in [0, 0.1) is 11.8 Å². The van der Waals surface area contributed by atoms with Gasteiger partial charge in [0.25, 0.3) is 0 Å². The molecular formula is C48H62N10O6. The van der Waals surface area contributed by atoms with Crippen molar-refractivity contribution in [1.29, 1.82) is 0 Å². The van der Waals surface area contributed by atoms with Gasteiger partial charge in [0.1, 0.15) is 23.7 Å². The summed E-state index contributed by atoms with van der Waals surface area (Å²) in [5.74, 6) is 1.18. The molecule has 2 fully saturated rings. The molecule has 4 atom stereocenters. The van der Waals surface area contributed by atoms with E-state index in [4.69, 9.17) is 19.4 Å². The Morgan fingerprint density at radius 3 is 1.72 bits per heavy atom. The smallest absolute Gasteiger partial charge is 0.407 e. The highest BCUT2D eigenvalue weighted by Crippen LogP contribution is 2.46. The zero-order valence-corrected chi connectivity index (χ0v) is 38.4. The van der Waals surface area contributed by atoms with Crippen LogP contribution in [0.4, 0.5) is 15.3 Å². The van der Waals surface area contributed by atoms with Crippen molar-refractivity contribution in [1.82, 2.24) is 44.9 Å². The fraction of sp³-hybridized carbons (Fsp3) is 0.500. The predicted molar refractivity (Wildman–Crippen MR) is 246 cm³/mol. The lowest BCUT2D eigenvalue weighted by Crippen LogP contribution is -2.51. The second-order valence-electron chi connectivity index (χ2n) is 18.4. The van der Waals surface area contributed by atoms with Crippen molar-refractivity contribution in [3.63, 3.8) is 0 Å². The minimum absolute atomic E-state index is 0.116. The Labute approximate surface area is 374 Å². The Bertz CT molecular complexity index is 2550. The van der Waals surface area contributed by atoms with E-state index in [9.17, 15) is 19.2 Å². The first-order valence-corrected chi connectivity index (χ1v) is 22.6. The number of anilines is 1. The number of aromatic amines is 2. The SMILES string of the molecule is COC(=O)N[C@H](C(=O)N1CCC[C@H]1c1ncc(-c2ccc3c(c2)N(C)CCn2c-3c(C(C)C)c3cc(-c4cnc([C@@H]5CCCN5C(=O)[C@@H](NC(=O)OC)C(C)C)[nH]4)ccc32)[nH]1)C(C)C. The standard InChI is InChI=1S/C48H62N10O6/c1-26(2)39-32-22-29(33-24-49-43(51-33)36-12-10-18-57(36)45(59)40(27(3)4)53-47(61)63-8)15-17-35(32)56-21-20-55(7)38-23-30(14-16-31(38)42(39)56)34-25-50-44(52-34)37-13-11-19-58(37)46(60)41(28(5)6)54-48(62)64-9/h14-17,22-28,36-37,40-41H,10-13,18-21H2,1-9H3,(H,49,51)(H,50,52)(H,53,61)(H,54,62)/t36-,37-,40-,41-/m0/s1. The number of nitrogens with zero attached hydrogens (tertiary/aromatic N) is 6. The van der Waals surface area contributed by atoms with Gasteiger partial charge in [-0.25, -0.2) is 19.6 Å². The van der Waals surface area contributed by atoms with Gasteiger partial charge in [-0.05, 0) is 67.2 Å². The van der Waals surface area contributed by atoms with Crippen molar-refractivity contribution in [3.05, 3.63) is 66.0 Å². The zero-order valence-electron chi connectivity index (χ0n) is 38.4. The molecule has 0 bridgehead atoms. The molecule has 0 saturated carbocycles. The van der Waals surface area contributed by atoms with E-state index in [1.54, 1.807) is 0 Å². The number of likely N-dealkylation sites (N-methyl/N-ethyl adjacent to an activating group) is 1. The molecule has 340 valence electrons. The van der Waals surface area contributed by atoms with Gasteiger partial charge in [0.15, 0.2) is 0 Å². The van der Waals surface area contributed by atoms with E-state index in [0.29, 0.717) is 13.1 Å². The maximum atomic E-state index is 13.8. The fourth-order valence-corrected chi connectivity index (χ4v) is 9.93. The molecule has 0 spiro atoms. The minimum Gasteiger partial charge on any atom is -0.453 e. The number of carbonyl (C=O) groups excluding carboxylic acids is 4. The molecule has 2 aromatic carbocycles. The van der Waals surface area contributed by atoms with Gasteiger partial charge in [-0.1, -0.05) is 59.7 Å². The van der Waals surface area contributed by atoms with Crippen molar-refractivity contribution >= 4 is 40.6 Å². The molecule has 0 radical (unpaired) electrons. The molecule has 0 unspecified atom stereocenters. The van der Waals surface area contributed by atoms with Gasteiger partial charge in [0, 0.05) is 66.5 Å². The van der Waals surface area contributed by atoms with E-state index in [-0.39, 0.29) is 41.7 Å². The molecule has 4 N–H and O–H groups in total. The van der Waals surface area contributed by atoms with Crippen LogP contribution in [0.5, 0.6) is 0 Å². The molecule has 0 aliphatic carbocycles. The topological polar surface area (TPSA) is 183 Å². The number of benzene rings is 2. The number of hydrogen-bond donors (Lipinski definition) is 4. The van der Waals surface area contributed by atoms with Crippen LogP contribution in [-0.2, 0) is 25.6 Å².